The maximum Gasteiger partial charge on any atom is 0.338 e. The molecule has 0 aliphatic heterocycles. The Morgan fingerprint density at radius 2 is 1.73 bits per heavy atom. The minimum atomic E-state index is -0.564. The molecule has 0 bridgehead atoms. The lowest BCUT2D eigenvalue weighted by Crippen LogP contribution is -2.21. The minimum Gasteiger partial charge on any atom is -0.458 e. The predicted octanol–water partition coefficient (Wildman–Crippen LogP) is 7.40. The van der Waals surface area contributed by atoms with Crippen molar-refractivity contribution in [1.29, 1.82) is 0 Å². The van der Waals surface area contributed by atoms with Crippen molar-refractivity contribution in [2.75, 3.05) is 0 Å². The first-order valence-corrected chi connectivity index (χ1v) is 11.2. The minimum absolute atomic E-state index is 0.0156. The van der Waals surface area contributed by atoms with Gasteiger partial charge in [0.1, 0.15) is 6.10 Å². The normalized spacial score (nSPS) is 19.8. The van der Waals surface area contributed by atoms with E-state index in [0.717, 1.165) is 11.5 Å². The summed E-state index contributed by atoms with van der Waals surface area (Å²) < 4.78 is 19.1. The zero-order valence-electron chi connectivity index (χ0n) is 18.0. The first kappa shape index (κ1) is 22.3. The Kier molecular flexibility index (Phi) is 8.24. The molecule has 2 nitrogen and oxygen atoms in total. The van der Waals surface area contributed by atoms with Gasteiger partial charge in [0.05, 0.1) is 11.4 Å². The third-order valence-corrected chi connectivity index (χ3v) is 6.19. The Hall–Kier alpha value is -2.42. The van der Waals surface area contributed by atoms with Crippen LogP contribution in [0.15, 0.2) is 67.0 Å². The largest absolute Gasteiger partial charge is 0.458 e. The van der Waals surface area contributed by atoms with Crippen molar-refractivity contribution < 1.29 is 13.9 Å². The molecular formula is C27H33FO2. The first-order chi connectivity index (χ1) is 14.5. The molecule has 1 atom stereocenters. The van der Waals surface area contributed by atoms with Gasteiger partial charge in [0.2, 0.25) is 0 Å². The number of hydrogen-bond donors (Lipinski definition) is 0. The highest BCUT2D eigenvalue weighted by molar-refractivity contribution is 5.89. The average Bonchev–Trinajstić information content (AvgIpc) is 2.75. The molecule has 3 heteroatoms. The second kappa shape index (κ2) is 11.1. The molecule has 0 heterocycles. The molecule has 0 aromatic heterocycles. The lowest BCUT2D eigenvalue weighted by atomic mass is 9.77. The molecule has 3 rings (SSSR count). The van der Waals surface area contributed by atoms with Crippen LogP contribution in [0.25, 0.3) is 0 Å². The Labute approximate surface area is 180 Å². The number of ether oxygens (including phenoxy) is 1. The van der Waals surface area contributed by atoms with E-state index in [1.807, 2.05) is 6.07 Å². The Morgan fingerprint density at radius 3 is 2.33 bits per heavy atom. The summed E-state index contributed by atoms with van der Waals surface area (Å²) in [5, 5.41) is 0. The van der Waals surface area contributed by atoms with Crippen molar-refractivity contribution in [3.05, 3.63) is 83.7 Å². The van der Waals surface area contributed by atoms with Crippen LogP contribution < -0.4 is 0 Å². The molecule has 1 saturated carbocycles. The third-order valence-electron chi connectivity index (χ3n) is 6.19. The topological polar surface area (TPSA) is 26.3 Å². The highest BCUT2D eigenvalue weighted by Crippen LogP contribution is 2.37. The Balaban J connectivity index is 1.59. The van der Waals surface area contributed by atoms with E-state index in [4.69, 9.17) is 4.74 Å². The fourth-order valence-electron chi connectivity index (χ4n) is 4.58. The van der Waals surface area contributed by atoms with Gasteiger partial charge in [-0.2, -0.15) is 0 Å². The van der Waals surface area contributed by atoms with Gasteiger partial charge in [-0.15, -0.1) is 0 Å². The standard InChI is InChI=1S/C27H33FO2/c1-3-7-21-10-14-23(15-11-21)24-16-12-22(13-17-24)19-26(18-20(2)28)30-27(29)25-8-5-4-6-9-25/h4-6,8-9,12-13,16-17,21,23,26H,2-3,7,10-11,14-15,18-19H2,1H3. The lowest BCUT2D eigenvalue weighted by Gasteiger charge is -2.28. The van der Waals surface area contributed by atoms with Gasteiger partial charge in [0.15, 0.2) is 0 Å². The van der Waals surface area contributed by atoms with E-state index in [1.54, 1.807) is 24.3 Å². The van der Waals surface area contributed by atoms with Crippen LogP contribution in [0.5, 0.6) is 0 Å². The van der Waals surface area contributed by atoms with Crippen molar-refractivity contribution >= 4 is 5.97 Å². The van der Waals surface area contributed by atoms with Gasteiger partial charge in [0, 0.05) is 12.8 Å². The zero-order chi connectivity index (χ0) is 21.3. The first-order valence-electron chi connectivity index (χ1n) is 11.2. The molecule has 1 unspecified atom stereocenters. The number of hydrogen-bond acceptors (Lipinski definition) is 2. The van der Waals surface area contributed by atoms with Crippen LogP contribution in [0.2, 0.25) is 0 Å². The van der Waals surface area contributed by atoms with Gasteiger partial charge in [-0.05, 0) is 60.8 Å². The van der Waals surface area contributed by atoms with E-state index in [2.05, 4.69) is 37.8 Å². The van der Waals surface area contributed by atoms with Gasteiger partial charge < -0.3 is 4.74 Å². The summed E-state index contributed by atoms with van der Waals surface area (Å²) in [6.45, 7) is 5.62. The van der Waals surface area contributed by atoms with Crippen LogP contribution in [0.1, 0.15) is 79.3 Å². The van der Waals surface area contributed by atoms with Gasteiger partial charge in [-0.1, -0.05) is 68.8 Å². The van der Waals surface area contributed by atoms with Gasteiger partial charge in [-0.25, -0.2) is 9.18 Å². The summed E-state index contributed by atoms with van der Waals surface area (Å²) in [5.74, 6) is 0.646. The summed E-state index contributed by atoms with van der Waals surface area (Å²) in [6, 6.07) is 17.4. The van der Waals surface area contributed by atoms with E-state index in [9.17, 15) is 9.18 Å². The van der Waals surface area contributed by atoms with Crippen LogP contribution in [-0.4, -0.2) is 12.1 Å². The number of halogens is 1. The highest BCUT2D eigenvalue weighted by Gasteiger charge is 2.22. The fourth-order valence-corrected chi connectivity index (χ4v) is 4.58. The van der Waals surface area contributed by atoms with E-state index in [1.165, 1.54) is 44.1 Å². The molecule has 30 heavy (non-hydrogen) atoms. The zero-order valence-corrected chi connectivity index (χ0v) is 18.0. The molecule has 1 aliphatic rings. The number of carbonyl (C=O) groups excluding carboxylic acids is 1. The Bertz CT molecular complexity index is 805. The molecule has 0 radical (unpaired) electrons. The summed E-state index contributed by atoms with van der Waals surface area (Å²) in [6.07, 6.45) is 7.76. The fraction of sp³-hybridized carbons (Fsp3) is 0.444. The van der Waals surface area contributed by atoms with Crippen molar-refractivity contribution in [2.24, 2.45) is 5.92 Å². The van der Waals surface area contributed by atoms with Crippen LogP contribution >= 0.6 is 0 Å². The van der Waals surface area contributed by atoms with Gasteiger partial charge in [0.25, 0.3) is 0 Å². The molecule has 1 fully saturated rings. The van der Waals surface area contributed by atoms with Crippen molar-refractivity contribution in [2.45, 2.75) is 70.3 Å². The molecule has 0 amide bonds. The van der Waals surface area contributed by atoms with Crippen LogP contribution in [0.3, 0.4) is 0 Å². The number of rotatable bonds is 9. The van der Waals surface area contributed by atoms with E-state index < -0.39 is 17.9 Å². The molecule has 0 saturated heterocycles. The third kappa shape index (κ3) is 6.55. The summed E-state index contributed by atoms with van der Waals surface area (Å²) >= 11 is 0. The quantitative estimate of drug-likeness (QED) is 0.404. The number of benzene rings is 2. The summed E-state index contributed by atoms with van der Waals surface area (Å²) in [5.41, 5.74) is 2.91. The van der Waals surface area contributed by atoms with Crippen molar-refractivity contribution in [3.63, 3.8) is 0 Å². The van der Waals surface area contributed by atoms with Gasteiger partial charge in [-0.3, -0.25) is 0 Å². The van der Waals surface area contributed by atoms with Crippen LogP contribution in [0, 0.1) is 5.92 Å². The van der Waals surface area contributed by atoms with Crippen molar-refractivity contribution in [1.82, 2.24) is 0 Å². The predicted molar refractivity (Wildman–Crippen MR) is 120 cm³/mol. The monoisotopic (exact) mass is 408 g/mol. The lowest BCUT2D eigenvalue weighted by molar-refractivity contribution is 0.0293. The molecule has 2 aromatic carbocycles. The van der Waals surface area contributed by atoms with E-state index in [-0.39, 0.29) is 6.42 Å². The molecule has 0 N–H and O–H groups in total. The SMILES string of the molecule is C=C(F)CC(Cc1ccc(C2CCC(CCC)CC2)cc1)OC(=O)c1ccccc1. The maximum atomic E-state index is 13.5. The molecular weight excluding hydrogens is 375 g/mol. The molecule has 160 valence electrons. The smallest absolute Gasteiger partial charge is 0.338 e. The molecule has 2 aromatic rings. The second-order valence-corrected chi connectivity index (χ2v) is 8.57. The number of carbonyl (C=O) groups is 1. The van der Waals surface area contributed by atoms with Crippen molar-refractivity contribution in [3.8, 4) is 0 Å². The van der Waals surface area contributed by atoms with E-state index >= 15 is 0 Å². The summed E-state index contributed by atoms with van der Waals surface area (Å²) in [7, 11) is 0. The maximum absolute atomic E-state index is 13.5. The van der Waals surface area contributed by atoms with Crippen LogP contribution in [-0.2, 0) is 11.2 Å². The second-order valence-electron chi connectivity index (χ2n) is 8.57. The summed E-state index contributed by atoms with van der Waals surface area (Å²) in [4.78, 5) is 12.4. The van der Waals surface area contributed by atoms with Gasteiger partial charge >= 0.3 is 5.97 Å². The highest BCUT2D eigenvalue weighted by atomic mass is 19.1. The average molecular weight is 409 g/mol. The molecule has 1 aliphatic carbocycles. The Morgan fingerprint density at radius 1 is 1.07 bits per heavy atom. The van der Waals surface area contributed by atoms with E-state index in [0.29, 0.717) is 17.9 Å². The number of esters is 1. The molecule has 0 spiro atoms. The van der Waals surface area contributed by atoms with Crippen LogP contribution in [0.4, 0.5) is 4.39 Å².